The van der Waals surface area contributed by atoms with E-state index in [9.17, 15) is 0 Å². The molecule has 0 spiro atoms. The molecule has 1 N–H and O–H groups in total. The van der Waals surface area contributed by atoms with Crippen molar-refractivity contribution in [3.05, 3.63) is 37.2 Å². The van der Waals surface area contributed by atoms with Crippen molar-refractivity contribution in [1.82, 2.24) is 34.7 Å². The summed E-state index contributed by atoms with van der Waals surface area (Å²) in [7, 11) is 0. The van der Waals surface area contributed by atoms with Gasteiger partial charge in [-0.05, 0) is 12.5 Å². The topological polar surface area (TPSA) is 94.3 Å². The maximum absolute atomic E-state index is 4.41. The average molecular weight is 282 g/mol. The molecule has 3 heterocycles. The summed E-state index contributed by atoms with van der Waals surface area (Å²) >= 11 is 0. The quantitative estimate of drug-likeness (QED) is 0.754. The van der Waals surface area contributed by atoms with E-state index >= 15 is 0 Å². The van der Waals surface area contributed by atoms with Crippen LogP contribution in [0.4, 0.5) is 5.95 Å². The number of aromatic nitrogens is 7. The smallest absolute Gasteiger partial charge is 0.255 e. The van der Waals surface area contributed by atoms with Crippen molar-refractivity contribution >= 4 is 5.95 Å². The molecule has 106 valence electrons. The maximum atomic E-state index is 4.41. The summed E-state index contributed by atoms with van der Waals surface area (Å²) in [6.07, 6.45) is 9.23. The van der Waals surface area contributed by atoms with Gasteiger partial charge in [-0.3, -0.25) is 0 Å². The number of rotatable bonds is 5. The Bertz CT molecular complexity index is 695. The van der Waals surface area contributed by atoms with E-state index in [4.69, 9.17) is 0 Å². The SMILES string of the molecule is CCCNc1nc(-c2cncnc2)nc(-n2cccn2)n1. The number of hydrogen-bond acceptors (Lipinski definition) is 7. The second-order valence-electron chi connectivity index (χ2n) is 4.29. The van der Waals surface area contributed by atoms with Crippen molar-refractivity contribution in [3.8, 4) is 17.3 Å². The Morgan fingerprint density at radius 3 is 2.71 bits per heavy atom. The van der Waals surface area contributed by atoms with Crippen LogP contribution in [0.5, 0.6) is 0 Å². The first kappa shape index (κ1) is 13.1. The monoisotopic (exact) mass is 282 g/mol. The molecular formula is C13H14N8. The molecule has 0 saturated carbocycles. The van der Waals surface area contributed by atoms with E-state index in [1.165, 1.54) is 6.33 Å². The van der Waals surface area contributed by atoms with Gasteiger partial charge in [-0.2, -0.15) is 20.1 Å². The zero-order valence-electron chi connectivity index (χ0n) is 11.5. The molecule has 3 aromatic rings. The summed E-state index contributed by atoms with van der Waals surface area (Å²) in [5, 5.41) is 7.31. The molecule has 8 heteroatoms. The maximum Gasteiger partial charge on any atom is 0.255 e. The van der Waals surface area contributed by atoms with Crippen molar-refractivity contribution in [2.45, 2.75) is 13.3 Å². The third-order valence-corrected chi connectivity index (χ3v) is 2.68. The second kappa shape index (κ2) is 6.04. The molecular weight excluding hydrogens is 268 g/mol. The molecule has 0 aliphatic rings. The summed E-state index contributed by atoms with van der Waals surface area (Å²) < 4.78 is 1.59. The van der Waals surface area contributed by atoms with E-state index in [2.05, 4.69) is 42.3 Å². The molecule has 3 aromatic heterocycles. The van der Waals surface area contributed by atoms with Crippen LogP contribution in [0.1, 0.15) is 13.3 Å². The fraction of sp³-hybridized carbons (Fsp3) is 0.231. The lowest BCUT2D eigenvalue weighted by molar-refractivity contribution is 0.795. The van der Waals surface area contributed by atoms with E-state index in [1.54, 1.807) is 29.5 Å². The minimum absolute atomic E-state index is 0.451. The van der Waals surface area contributed by atoms with Crippen molar-refractivity contribution in [1.29, 1.82) is 0 Å². The van der Waals surface area contributed by atoms with Crippen molar-refractivity contribution in [2.75, 3.05) is 11.9 Å². The van der Waals surface area contributed by atoms with Crippen LogP contribution in [0.15, 0.2) is 37.2 Å². The number of nitrogens with zero attached hydrogens (tertiary/aromatic N) is 7. The molecule has 0 aromatic carbocycles. The highest BCUT2D eigenvalue weighted by molar-refractivity contribution is 5.54. The second-order valence-corrected chi connectivity index (χ2v) is 4.29. The lowest BCUT2D eigenvalue weighted by atomic mass is 10.3. The molecule has 0 bridgehead atoms. The van der Waals surface area contributed by atoms with Gasteiger partial charge >= 0.3 is 0 Å². The molecule has 0 fully saturated rings. The highest BCUT2D eigenvalue weighted by atomic mass is 15.4. The lowest BCUT2D eigenvalue weighted by Crippen LogP contribution is -2.11. The van der Waals surface area contributed by atoms with Crippen molar-refractivity contribution in [2.24, 2.45) is 0 Å². The first-order valence-electron chi connectivity index (χ1n) is 6.62. The predicted molar refractivity (Wildman–Crippen MR) is 76.8 cm³/mol. The van der Waals surface area contributed by atoms with Crippen LogP contribution in [-0.2, 0) is 0 Å². The third kappa shape index (κ3) is 2.99. The average Bonchev–Trinajstić information content (AvgIpc) is 3.08. The first-order chi connectivity index (χ1) is 10.4. The van der Waals surface area contributed by atoms with Crippen molar-refractivity contribution in [3.63, 3.8) is 0 Å². The van der Waals surface area contributed by atoms with E-state index in [1.807, 2.05) is 6.07 Å². The Morgan fingerprint density at radius 1 is 1.14 bits per heavy atom. The first-order valence-corrected chi connectivity index (χ1v) is 6.62. The largest absolute Gasteiger partial charge is 0.354 e. The summed E-state index contributed by atoms with van der Waals surface area (Å²) in [6, 6.07) is 1.81. The van der Waals surface area contributed by atoms with E-state index in [0.717, 1.165) is 18.5 Å². The minimum atomic E-state index is 0.451. The number of anilines is 1. The normalized spacial score (nSPS) is 10.5. The number of hydrogen-bond donors (Lipinski definition) is 1. The van der Waals surface area contributed by atoms with Crippen LogP contribution in [-0.4, -0.2) is 41.2 Å². The summed E-state index contributed by atoms with van der Waals surface area (Å²) in [5.74, 6) is 1.47. The van der Waals surface area contributed by atoms with Crippen molar-refractivity contribution < 1.29 is 0 Å². The molecule has 0 unspecified atom stereocenters. The van der Waals surface area contributed by atoms with Gasteiger partial charge < -0.3 is 5.32 Å². The van der Waals surface area contributed by atoms with Gasteiger partial charge in [-0.1, -0.05) is 6.92 Å². The lowest BCUT2D eigenvalue weighted by Gasteiger charge is -2.08. The molecule has 0 aliphatic heterocycles. The Kier molecular flexibility index (Phi) is 3.77. The molecule has 3 rings (SSSR count). The van der Waals surface area contributed by atoms with Gasteiger partial charge in [-0.25, -0.2) is 14.6 Å². The van der Waals surface area contributed by atoms with Gasteiger partial charge in [0.2, 0.25) is 5.95 Å². The zero-order valence-corrected chi connectivity index (χ0v) is 11.5. The van der Waals surface area contributed by atoms with Gasteiger partial charge in [0.25, 0.3) is 5.95 Å². The van der Waals surface area contributed by atoms with E-state index in [0.29, 0.717) is 17.7 Å². The fourth-order valence-electron chi connectivity index (χ4n) is 1.71. The Balaban J connectivity index is 2.05. The Labute approximate surface area is 121 Å². The van der Waals surface area contributed by atoms with E-state index in [-0.39, 0.29) is 0 Å². The van der Waals surface area contributed by atoms with Gasteiger partial charge in [0, 0.05) is 31.3 Å². The van der Waals surface area contributed by atoms with E-state index < -0.39 is 0 Å². The van der Waals surface area contributed by atoms with Crippen LogP contribution in [0.25, 0.3) is 17.3 Å². The third-order valence-electron chi connectivity index (χ3n) is 2.68. The van der Waals surface area contributed by atoms with Crippen LogP contribution in [0.2, 0.25) is 0 Å². The van der Waals surface area contributed by atoms with Crippen LogP contribution < -0.4 is 5.32 Å². The van der Waals surface area contributed by atoms with Crippen LogP contribution >= 0.6 is 0 Å². The molecule has 0 amide bonds. The summed E-state index contributed by atoms with van der Waals surface area (Å²) in [6.45, 7) is 2.86. The fourth-order valence-corrected chi connectivity index (χ4v) is 1.71. The standard InChI is InChI=1S/C13H14N8/c1-2-4-16-12-18-11(10-7-14-9-15-8-10)19-13(20-12)21-6-3-5-17-21/h3,5-9H,2,4H2,1H3,(H,16,18,19,20). The molecule has 0 radical (unpaired) electrons. The van der Waals surface area contributed by atoms with Gasteiger partial charge in [0.15, 0.2) is 5.82 Å². The van der Waals surface area contributed by atoms with Crippen LogP contribution in [0.3, 0.4) is 0 Å². The molecule has 0 saturated heterocycles. The molecule has 0 atom stereocenters. The Morgan fingerprint density at radius 2 is 2.00 bits per heavy atom. The van der Waals surface area contributed by atoms with Gasteiger partial charge in [-0.15, -0.1) is 0 Å². The van der Waals surface area contributed by atoms with Gasteiger partial charge in [0.1, 0.15) is 6.33 Å². The summed E-state index contributed by atoms with van der Waals surface area (Å²) in [5.41, 5.74) is 0.729. The summed E-state index contributed by atoms with van der Waals surface area (Å²) in [4.78, 5) is 21.2. The Hall–Kier alpha value is -2.90. The minimum Gasteiger partial charge on any atom is -0.354 e. The molecule has 8 nitrogen and oxygen atoms in total. The predicted octanol–water partition coefficient (Wildman–Crippen LogP) is 1.34. The molecule has 21 heavy (non-hydrogen) atoms. The molecule has 0 aliphatic carbocycles. The highest BCUT2D eigenvalue weighted by Crippen LogP contribution is 2.15. The zero-order chi connectivity index (χ0) is 14.5. The highest BCUT2D eigenvalue weighted by Gasteiger charge is 2.10. The van der Waals surface area contributed by atoms with Gasteiger partial charge in [0.05, 0.1) is 5.56 Å². The number of nitrogens with one attached hydrogen (secondary N) is 1. The van der Waals surface area contributed by atoms with Crippen LogP contribution in [0, 0.1) is 0 Å².